The maximum atomic E-state index is 12.1. The molecular formula is C16H19ClN2O3. The number of aromatic nitrogens is 1. The summed E-state index contributed by atoms with van der Waals surface area (Å²) in [6, 6.07) is 7.13. The number of benzene rings is 1. The van der Waals surface area contributed by atoms with E-state index in [0.29, 0.717) is 23.2 Å². The molecule has 1 aliphatic carbocycles. The van der Waals surface area contributed by atoms with Crippen molar-refractivity contribution in [1.82, 2.24) is 10.3 Å². The van der Waals surface area contributed by atoms with Gasteiger partial charge in [-0.2, -0.15) is 0 Å². The van der Waals surface area contributed by atoms with E-state index >= 15 is 0 Å². The number of aromatic amines is 1. The second-order valence-corrected chi connectivity index (χ2v) is 6.20. The summed E-state index contributed by atoms with van der Waals surface area (Å²) in [5.74, 6) is 0.411. The summed E-state index contributed by atoms with van der Waals surface area (Å²) in [6.45, 7) is 1.12. The zero-order valence-corrected chi connectivity index (χ0v) is 12.9. The third-order valence-electron chi connectivity index (χ3n) is 3.69. The summed E-state index contributed by atoms with van der Waals surface area (Å²) in [5, 5.41) is 14.0. The van der Waals surface area contributed by atoms with Gasteiger partial charge in [0, 0.05) is 29.1 Å². The summed E-state index contributed by atoms with van der Waals surface area (Å²) >= 11 is 5.92. The molecule has 6 heteroatoms. The Balaban J connectivity index is 1.49. The zero-order chi connectivity index (χ0) is 15.5. The Labute approximate surface area is 133 Å². The van der Waals surface area contributed by atoms with E-state index < -0.39 is 6.10 Å². The fourth-order valence-corrected chi connectivity index (χ4v) is 2.43. The summed E-state index contributed by atoms with van der Waals surface area (Å²) in [5.41, 5.74) is 1.30. The molecule has 0 aliphatic heterocycles. The van der Waals surface area contributed by atoms with E-state index in [0.717, 1.165) is 10.9 Å². The molecule has 0 radical (unpaired) electrons. The lowest BCUT2D eigenvalue weighted by Crippen LogP contribution is -2.34. The minimum Gasteiger partial charge on any atom is -0.389 e. The Bertz CT molecular complexity index is 666. The molecule has 1 heterocycles. The maximum Gasteiger partial charge on any atom is 0.267 e. The zero-order valence-electron chi connectivity index (χ0n) is 12.1. The number of fused-ring (bicyclic) bond motifs is 1. The molecule has 3 N–H and O–H groups in total. The second kappa shape index (κ2) is 6.69. The highest BCUT2D eigenvalue weighted by molar-refractivity contribution is 6.31. The number of rotatable bonds is 7. The van der Waals surface area contributed by atoms with Gasteiger partial charge in [0.15, 0.2) is 0 Å². The molecule has 1 amide bonds. The quantitative estimate of drug-likeness (QED) is 0.732. The number of nitrogens with one attached hydrogen (secondary N) is 2. The van der Waals surface area contributed by atoms with Gasteiger partial charge in [-0.15, -0.1) is 0 Å². The van der Waals surface area contributed by atoms with Crippen molar-refractivity contribution < 1.29 is 14.6 Å². The minimum absolute atomic E-state index is 0.166. The SMILES string of the molecule is O=C(NCC(O)COCC1CC1)c1cc2cc(Cl)ccc2[nH]1. The molecule has 22 heavy (non-hydrogen) atoms. The van der Waals surface area contributed by atoms with Crippen LogP contribution < -0.4 is 5.32 Å². The first-order valence-corrected chi connectivity index (χ1v) is 7.82. The third-order valence-corrected chi connectivity index (χ3v) is 3.92. The molecule has 1 aromatic heterocycles. The van der Waals surface area contributed by atoms with Crippen molar-refractivity contribution in [3.05, 3.63) is 35.0 Å². The third kappa shape index (κ3) is 4.00. The molecule has 1 unspecified atom stereocenters. The summed E-state index contributed by atoms with van der Waals surface area (Å²) < 4.78 is 5.39. The highest BCUT2D eigenvalue weighted by Gasteiger charge is 2.21. The number of ether oxygens (including phenoxy) is 1. The average molecular weight is 323 g/mol. The summed E-state index contributed by atoms with van der Waals surface area (Å²) in [6.07, 6.45) is 1.75. The van der Waals surface area contributed by atoms with E-state index in [1.165, 1.54) is 12.8 Å². The molecule has 1 saturated carbocycles. The minimum atomic E-state index is -0.693. The summed E-state index contributed by atoms with van der Waals surface area (Å²) in [4.78, 5) is 15.1. The van der Waals surface area contributed by atoms with E-state index in [4.69, 9.17) is 16.3 Å². The molecule has 1 fully saturated rings. The first-order chi connectivity index (χ1) is 10.6. The van der Waals surface area contributed by atoms with Gasteiger partial charge < -0.3 is 20.1 Å². The Morgan fingerprint density at radius 1 is 1.45 bits per heavy atom. The molecule has 118 valence electrons. The van der Waals surface area contributed by atoms with Crippen LogP contribution in [0.4, 0.5) is 0 Å². The topological polar surface area (TPSA) is 74.3 Å². The molecule has 2 aromatic rings. The summed E-state index contributed by atoms with van der Waals surface area (Å²) in [7, 11) is 0. The molecule has 1 aliphatic rings. The van der Waals surface area contributed by atoms with Gasteiger partial charge in [0.05, 0.1) is 12.7 Å². The molecular weight excluding hydrogens is 304 g/mol. The van der Waals surface area contributed by atoms with Crippen LogP contribution in [0, 0.1) is 5.92 Å². The highest BCUT2D eigenvalue weighted by Crippen LogP contribution is 2.28. The number of aliphatic hydroxyl groups excluding tert-OH is 1. The number of aliphatic hydroxyl groups is 1. The van der Waals surface area contributed by atoms with Crippen molar-refractivity contribution in [3.63, 3.8) is 0 Å². The van der Waals surface area contributed by atoms with Crippen LogP contribution in [0.3, 0.4) is 0 Å². The Kier molecular flexibility index (Phi) is 4.66. The lowest BCUT2D eigenvalue weighted by molar-refractivity contribution is 0.0320. The fourth-order valence-electron chi connectivity index (χ4n) is 2.25. The Morgan fingerprint density at radius 2 is 2.27 bits per heavy atom. The van der Waals surface area contributed by atoms with E-state index in [2.05, 4.69) is 10.3 Å². The number of carbonyl (C=O) groups excluding carboxylic acids is 1. The monoisotopic (exact) mass is 322 g/mol. The highest BCUT2D eigenvalue weighted by atomic mass is 35.5. The van der Waals surface area contributed by atoms with Crippen LogP contribution in [-0.2, 0) is 4.74 Å². The number of amides is 1. The standard InChI is InChI=1S/C16H19ClN2O3/c17-12-3-4-14-11(5-12)6-15(19-14)16(21)18-7-13(20)9-22-8-10-1-2-10/h3-6,10,13,19-20H,1-2,7-9H2,(H,18,21). The van der Waals surface area contributed by atoms with Gasteiger partial charge in [-0.25, -0.2) is 0 Å². The van der Waals surface area contributed by atoms with E-state index in [1.807, 2.05) is 6.07 Å². The first-order valence-electron chi connectivity index (χ1n) is 7.44. The molecule has 0 bridgehead atoms. The number of H-pyrrole nitrogens is 1. The number of hydrogen-bond donors (Lipinski definition) is 3. The van der Waals surface area contributed by atoms with Gasteiger partial charge in [0.1, 0.15) is 5.69 Å². The number of carbonyl (C=O) groups is 1. The van der Waals surface area contributed by atoms with Crippen LogP contribution in [0.2, 0.25) is 5.02 Å². The van der Waals surface area contributed by atoms with Gasteiger partial charge in [-0.1, -0.05) is 11.6 Å². The fraction of sp³-hybridized carbons (Fsp3) is 0.438. The number of halogens is 1. The van der Waals surface area contributed by atoms with Gasteiger partial charge >= 0.3 is 0 Å². The van der Waals surface area contributed by atoms with Crippen molar-refractivity contribution in [1.29, 1.82) is 0 Å². The largest absolute Gasteiger partial charge is 0.389 e. The molecule has 3 rings (SSSR count). The number of hydrogen-bond acceptors (Lipinski definition) is 3. The smallest absolute Gasteiger partial charge is 0.267 e. The van der Waals surface area contributed by atoms with Crippen LogP contribution in [-0.4, -0.2) is 41.9 Å². The van der Waals surface area contributed by atoms with E-state index in [9.17, 15) is 9.90 Å². The van der Waals surface area contributed by atoms with Crippen molar-refractivity contribution in [2.24, 2.45) is 5.92 Å². The van der Waals surface area contributed by atoms with Crippen LogP contribution in [0.15, 0.2) is 24.3 Å². The Morgan fingerprint density at radius 3 is 3.05 bits per heavy atom. The molecule has 1 aromatic carbocycles. The van der Waals surface area contributed by atoms with Gasteiger partial charge in [0.2, 0.25) is 0 Å². The van der Waals surface area contributed by atoms with Crippen molar-refractivity contribution in [3.8, 4) is 0 Å². The van der Waals surface area contributed by atoms with Crippen LogP contribution in [0.1, 0.15) is 23.3 Å². The second-order valence-electron chi connectivity index (χ2n) is 5.76. The van der Waals surface area contributed by atoms with Gasteiger partial charge in [-0.3, -0.25) is 4.79 Å². The van der Waals surface area contributed by atoms with Crippen molar-refractivity contribution in [2.45, 2.75) is 18.9 Å². The average Bonchev–Trinajstić information content (AvgIpc) is 3.21. The maximum absolute atomic E-state index is 12.1. The lowest BCUT2D eigenvalue weighted by atomic mass is 10.2. The lowest BCUT2D eigenvalue weighted by Gasteiger charge is -2.11. The van der Waals surface area contributed by atoms with Gasteiger partial charge in [-0.05, 0) is 43.0 Å². The predicted molar refractivity (Wildman–Crippen MR) is 85.2 cm³/mol. The van der Waals surface area contributed by atoms with Crippen LogP contribution in [0.25, 0.3) is 10.9 Å². The van der Waals surface area contributed by atoms with E-state index in [-0.39, 0.29) is 19.1 Å². The van der Waals surface area contributed by atoms with Crippen LogP contribution in [0.5, 0.6) is 0 Å². The Hall–Kier alpha value is -1.56. The normalized spacial score (nSPS) is 15.9. The molecule has 5 nitrogen and oxygen atoms in total. The first kappa shape index (κ1) is 15.3. The molecule has 0 spiro atoms. The van der Waals surface area contributed by atoms with Crippen LogP contribution >= 0.6 is 11.6 Å². The van der Waals surface area contributed by atoms with Gasteiger partial charge in [0.25, 0.3) is 5.91 Å². The van der Waals surface area contributed by atoms with Crippen molar-refractivity contribution >= 4 is 28.4 Å². The van der Waals surface area contributed by atoms with Crippen molar-refractivity contribution in [2.75, 3.05) is 19.8 Å². The predicted octanol–water partition coefficient (Wildman–Crippen LogP) is 2.34. The molecule has 0 saturated heterocycles. The molecule has 1 atom stereocenters. The van der Waals surface area contributed by atoms with E-state index in [1.54, 1.807) is 18.2 Å².